The number of ether oxygens (including phenoxy) is 1. The molecule has 1 aliphatic carbocycles. The zero-order chi connectivity index (χ0) is 15.4. The van der Waals surface area contributed by atoms with E-state index < -0.39 is 17.8 Å². The maximum Gasteiger partial charge on any atom is 0.307 e. The Balaban J connectivity index is 2.13. The standard InChI is InChI=1S/C16H21NO4/c1-3-10-8-11(12(9-10)16(19)20)15(18)17-13-6-4-5-7-14(13)21-2/h4-7,10-12H,3,8-9H2,1-2H3,(H,17,18)(H,19,20). The molecule has 3 unspecified atom stereocenters. The minimum Gasteiger partial charge on any atom is -0.495 e. The molecule has 21 heavy (non-hydrogen) atoms. The summed E-state index contributed by atoms with van der Waals surface area (Å²) in [6.07, 6.45) is 2.12. The third-order valence-electron chi connectivity index (χ3n) is 4.26. The molecule has 0 aliphatic heterocycles. The van der Waals surface area contributed by atoms with E-state index in [2.05, 4.69) is 5.32 Å². The first-order valence-electron chi connectivity index (χ1n) is 7.23. The summed E-state index contributed by atoms with van der Waals surface area (Å²) in [6.45, 7) is 2.03. The number of methoxy groups -OCH3 is 1. The number of hydrogen-bond donors (Lipinski definition) is 2. The third kappa shape index (κ3) is 3.35. The Hall–Kier alpha value is -2.04. The van der Waals surface area contributed by atoms with Crippen LogP contribution in [0.1, 0.15) is 26.2 Å². The number of carboxylic acids is 1. The molecule has 0 saturated heterocycles. The number of hydrogen-bond acceptors (Lipinski definition) is 3. The molecule has 2 rings (SSSR count). The zero-order valence-electron chi connectivity index (χ0n) is 12.3. The SMILES string of the molecule is CCC1CC(C(=O)O)C(C(=O)Nc2ccccc2OC)C1. The summed E-state index contributed by atoms with van der Waals surface area (Å²) in [5.41, 5.74) is 0.578. The van der Waals surface area contributed by atoms with E-state index >= 15 is 0 Å². The molecular weight excluding hydrogens is 270 g/mol. The number of nitrogens with one attached hydrogen (secondary N) is 1. The predicted octanol–water partition coefficient (Wildman–Crippen LogP) is 2.77. The highest BCUT2D eigenvalue weighted by atomic mass is 16.5. The topological polar surface area (TPSA) is 75.6 Å². The van der Waals surface area contributed by atoms with Crippen molar-refractivity contribution in [2.75, 3.05) is 12.4 Å². The Bertz CT molecular complexity index is 529. The van der Waals surface area contributed by atoms with Crippen molar-refractivity contribution in [1.82, 2.24) is 0 Å². The van der Waals surface area contributed by atoms with Gasteiger partial charge in [-0.3, -0.25) is 9.59 Å². The van der Waals surface area contributed by atoms with Crippen LogP contribution in [0.3, 0.4) is 0 Å². The third-order valence-corrected chi connectivity index (χ3v) is 4.26. The number of amides is 1. The summed E-state index contributed by atoms with van der Waals surface area (Å²) in [5.74, 6) is -1.31. The molecule has 5 nitrogen and oxygen atoms in total. The molecule has 0 spiro atoms. The van der Waals surface area contributed by atoms with Crippen LogP contribution >= 0.6 is 0 Å². The van der Waals surface area contributed by atoms with Crippen molar-refractivity contribution in [3.05, 3.63) is 24.3 Å². The Labute approximate surface area is 124 Å². The molecule has 1 saturated carbocycles. The van der Waals surface area contributed by atoms with E-state index in [1.165, 1.54) is 7.11 Å². The average Bonchev–Trinajstić information content (AvgIpc) is 2.92. The smallest absolute Gasteiger partial charge is 0.307 e. The first-order valence-corrected chi connectivity index (χ1v) is 7.23. The van der Waals surface area contributed by atoms with Crippen LogP contribution in [-0.2, 0) is 9.59 Å². The van der Waals surface area contributed by atoms with E-state index in [0.717, 1.165) is 6.42 Å². The maximum absolute atomic E-state index is 12.4. The normalized spacial score (nSPS) is 24.6. The second-order valence-electron chi connectivity index (χ2n) is 5.49. The van der Waals surface area contributed by atoms with Crippen LogP contribution in [0.15, 0.2) is 24.3 Å². The van der Waals surface area contributed by atoms with Crippen LogP contribution in [0.4, 0.5) is 5.69 Å². The fourth-order valence-corrected chi connectivity index (χ4v) is 3.01. The fraction of sp³-hybridized carbons (Fsp3) is 0.500. The summed E-state index contributed by atoms with van der Waals surface area (Å²) in [5, 5.41) is 12.1. The molecule has 1 fully saturated rings. The van der Waals surface area contributed by atoms with Gasteiger partial charge in [-0.2, -0.15) is 0 Å². The van der Waals surface area contributed by atoms with Crippen molar-refractivity contribution in [3.8, 4) is 5.75 Å². The van der Waals surface area contributed by atoms with Gasteiger partial charge in [-0.15, -0.1) is 0 Å². The van der Waals surface area contributed by atoms with Crippen LogP contribution in [0.2, 0.25) is 0 Å². The van der Waals surface area contributed by atoms with Gasteiger partial charge in [-0.25, -0.2) is 0 Å². The van der Waals surface area contributed by atoms with E-state index in [1.807, 2.05) is 13.0 Å². The number of carbonyl (C=O) groups is 2. The Morgan fingerprint density at radius 1 is 1.29 bits per heavy atom. The highest BCUT2D eigenvalue weighted by Crippen LogP contribution is 2.39. The van der Waals surface area contributed by atoms with E-state index in [-0.39, 0.29) is 5.91 Å². The molecule has 0 aromatic heterocycles. The van der Waals surface area contributed by atoms with Crippen molar-refractivity contribution >= 4 is 17.6 Å². The fourth-order valence-electron chi connectivity index (χ4n) is 3.01. The number of carbonyl (C=O) groups excluding carboxylic acids is 1. The van der Waals surface area contributed by atoms with Crippen molar-refractivity contribution in [2.45, 2.75) is 26.2 Å². The molecule has 0 heterocycles. The van der Waals surface area contributed by atoms with Crippen LogP contribution < -0.4 is 10.1 Å². The molecule has 114 valence electrons. The average molecular weight is 291 g/mol. The van der Waals surface area contributed by atoms with E-state index in [4.69, 9.17) is 4.74 Å². The second kappa shape index (κ2) is 6.61. The molecule has 5 heteroatoms. The molecule has 2 N–H and O–H groups in total. The van der Waals surface area contributed by atoms with Crippen molar-refractivity contribution in [1.29, 1.82) is 0 Å². The van der Waals surface area contributed by atoms with Gasteiger partial charge in [-0.05, 0) is 30.9 Å². The molecule has 1 amide bonds. The lowest BCUT2D eigenvalue weighted by Gasteiger charge is -2.16. The molecule has 1 aromatic rings. The summed E-state index contributed by atoms with van der Waals surface area (Å²) in [6, 6.07) is 7.13. The van der Waals surface area contributed by atoms with Crippen LogP contribution in [0, 0.1) is 17.8 Å². The Morgan fingerprint density at radius 2 is 1.95 bits per heavy atom. The number of benzene rings is 1. The first-order chi connectivity index (χ1) is 10.1. The molecule has 0 radical (unpaired) electrons. The number of aliphatic carboxylic acids is 1. The molecular formula is C16H21NO4. The van der Waals surface area contributed by atoms with Crippen molar-refractivity contribution in [3.63, 3.8) is 0 Å². The van der Waals surface area contributed by atoms with Crippen LogP contribution in [-0.4, -0.2) is 24.1 Å². The van der Waals surface area contributed by atoms with E-state index in [1.54, 1.807) is 18.2 Å². The van der Waals surface area contributed by atoms with E-state index in [9.17, 15) is 14.7 Å². The summed E-state index contributed by atoms with van der Waals surface area (Å²) in [7, 11) is 1.54. The van der Waals surface area contributed by atoms with Crippen molar-refractivity contribution < 1.29 is 19.4 Å². The Morgan fingerprint density at radius 3 is 2.57 bits per heavy atom. The molecule has 1 aliphatic rings. The zero-order valence-corrected chi connectivity index (χ0v) is 12.3. The number of anilines is 1. The van der Waals surface area contributed by atoms with Crippen LogP contribution in [0.5, 0.6) is 5.75 Å². The van der Waals surface area contributed by atoms with Gasteiger partial charge in [0.05, 0.1) is 24.6 Å². The van der Waals surface area contributed by atoms with Gasteiger partial charge in [0.2, 0.25) is 5.91 Å². The van der Waals surface area contributed by atoms with Crippen LogP contribution in [0.25, 0.3) is 0 Å². The van der Waals surface area contributed by atoms with Gasteiger partial charge in [0.25, 0.3) is 0 Å². The second-order valence-corrected chi connectivity index (χ2v) is 5.49. The van der Waals surface area contributed by atoms with Crippen molar-refractivity contribution in [2.24, 2.45) is 17.8 Å². The largest absolute Gasteiger partial charge is 0.495 e. The number of carboxylic acid groups (broad SMARTS) is 1. The van der Waals surface area contributed by atoms with Gasteiger partial charge in [0, 0.05) is 0 Å². The lowest BCUT2D eigenvalue weighted by atomic mass is 9.95. The van der Waals surface area contributed by atoms with Gasteiger partial charge in [-0.1, -0.05) is 25.5 Å². The minimum atomic E-state index is -0.883. The minimum absolute atomic E-state index is 0.233. The molecule has 3 atom stereocenters. The Kier molecular flexibility index (Phi) is 4.83. The monoisotopic (exact) mass is 291 g/mol. The maximum atomic E-state index is 12.4. The highest BCUT2D eigenvalue weighted by molar-refractivity contribution is 5.96. The first kappa shape index (κ1) is 15.4. The predicted molar refractivity (Wildman–Crippen MR) is 79.3 cm³/mol. The molecule has 1 aromatic carbocycles. The number of rotatable bonds is 5. The van der Waals surface area contributed by atoms with E-state index in [0.29, 0.717) is 30.2 Å². The lowest BCUT2D eigenvalue weighted by molar-refractivity contribution is -0.145. The number of para-hydroxylation sites is 2. The molecule has 0 bridgehead atoms. The highest BCUT2D eigenvalue weighted by Gasteiger charge is 2.42. The summed E-state index contributed by atoms with van der Waals surface area (Å²) in [4.78, 5) is 23.8. The lowest BCUT2D eigenvalue weighted by Crippen LogP contribution is -2.30. The van der Waals surface area contributed by atoms with Gasteiger partial charge >= 0.3 is 5.97 Å². The quantitative estimate of drug-likeness (QED) is 0.874. The van der Waals surface area contributed by atoms with Gasteiger partial charge in [0.1, 0.15) is 5.75 Å². The van der Waals surface area contributed by atoms with Gasteiger partial charge in [0.15, 0.2) is 0 Å². The summed E-state index contributed by atoms with van der Waals surface area (Å²) < 4.78 is 5.19. The summed E-state index contributed by atoms with van der Waals surface area (Å²) >= 11 is 0. The van der Waals surface area contributed by atoms with Gasteiger partial charge < -0.3 is 15.2 Å².